The van der Waals surface area contributed by atoms with Crippen molar-refractivity contribution in [1.82, 2.24) is 0 Å². The molecule has 2 aromatic carbocycles. The summed E-state index contributed by atoms with van der Waals surface area (Å²) in [6, 6.07) is 11.4. The summed E-state index contributed by atoms with van der Waals surface area (Å²) in [5, 5.41) is 13.7. The second-order valence-electron chi connectivity index (χ2n) is 5.63. The largest absolute Gasteiger partial charge is 0.393 e. The number of ether oxygens (including phenoxy) is 1. The number of anilines is 3. The van der Waals surface area contributed by atoms with Crippen LogP contribution in [0, 0.1) is 10.1 Å². The fourth-order valence-electron chi connectivity index (χ4n) is 2.62. The van der Waals surface area contributed by atoms with Crippen LogP contribution in [0.3, 0.4) is 0 Å². The molecule has 8 heteroatoms. The second kappa shape index (κ2) is 7.18. The van der Waals surface area contributed by atoms with Crippen molar-refractivity contribution >= 4 is 28.7 Å². The van der Waals surface area contributed by atoms with Gasteiger partial charge in [0.05, 0.1) is 18.1 Å². The minimum atomic E-state index is -0.608. The number of carbonyl (C=O) groups excluding carboxylic acids is 1. The monoisotopic (exact) mass is 342 g/mol. The van der Waals surface area contributed by atoms with E-state index in [9.17, 15) is 14.9 Å². The van der Waals surface area contributed by atoms with Gasteiger partial charge in [0.25, 0.3) is 11.6 Å². The topological polar surface area (TPSA) is 111 Å². The Balaban J connectivity index is 1.70. The lowest BCUT2D eigenvalue weighted by atomic mass is 10.1. The Kier molecular flexibility index (Phi) is 4.80. The Labute approximate surface area is 144 Å². The maximum Gasteiger partial charge on any atom is 0.292 e. The number of hydrogen-bond acceptors (Lipinski definition) is 6. The predicted octanol–water partition coefficient (Wildman–Crippen LogP) is 2.27. The van der Waals surface area contributed by atoms with Crippen LogP contribution in [0.5, 0.6) is 0 Å². The first-order chi connectivity index (χ1) is 12.0. The van der Waals surface area contributed by atoms with E-state index in [1.54, 1.807) is 12.1 Å². The summed E-state index contributed by atoms with van der Waals surface area (Å²) in [4.78, 5) is 24.8. The molecule has 1 fully saturated rings. The van der Waals surface area contributed by atoms with Crippen LogP contribution in [0.4, 0.5) is 22.7 Å². The van der Waals surface area contributed by atoms with Gasteiger partial charge in [-0.2, -0.15) is 0 Å². The molecule has 1 saturated heterocycles. The molecule has 1 aliphatic rings. The highest BCUT2D eigenvalue weighted by Crippen LogP contribution is 2.24. The molecule has 0 aromatic heterocycles. The Morgan fingerprint density at radius 2 is 1.84 bits per heavy atom. The molecular weight excluding hydrogens is 324 g/mol. The van der Waals surface area contributed by atoms with Gasteiger partial charge in [0.2, 0.25) is 0 Å². The fraction of sp³-hybridized carbons (Fsp3) is 0.235. The molecule has 0 saturated carbocycles. The van der Waals surface area contributed by atoms with Crippen LogP contribution in [0.25, 0.3) is 0 Å². The van der Waals surface area contributed by atoms with E-state index in [2.05, 4.69) is 10.2 Å². The van der Waals surface area contributed by atoms with Crippen molar-refractivity contribution in [3.63, 3.8) is 0 Å². The summed E-state index contributed by atoms with van der Waals surface area (Å²) in [6.45, 7) is 3.07. The normalized spacial score (nSPS) is 14.2. The lowest BCUT2D eigenvalue weighted by molar-refractivity contribution is -0.383. The molecule has 25 heavy (non-hydrogen) atoms. The van der Waals surface area contributed by atoms with Crippen molar-refractivity contribution in [3.8, 4) is 0 Å². The van der Waals surface area contributed by atoms with E-state index in [1.165, 1.54) is 18.2 Å². The SMILES string of the molecule is Nc1ccc(C(=O)Nc2ccc(N3CCOCC3)cc2)cc1[N+](=O)[O-]. The first-order valence-electron chi connectivity index (χ1n) is 7.82. The Bertz CT molecular complexity index is 786. The molecule has 1 amide bonds. The molecule has 3 N–H and O–H groups in total. The zero-order chi connectivity index (χ0) is 17.8. The molecule has 8 nitrogen and oxygen atoms in total. The molecule has 3 rings (SSSR count). The third kappa shape index (κ3) is 3.86. The van der Waals surface area contributed by atoms with Gasteiger partial charge in [-0.25, -0.2) is 0 Å². The van der Waals surface area contributed by atoms with E-state index in [0.29, 0.717) is 18.9 Å². The number of nitrogens with one attached hydrogen (secondary N) is 1. The number of benzene rings is 2. The molecule has 0 radical (unpaired) electrons. The van der Waals surface area contributed by atoms with Crippen LogP contribution in [0.15, 0.2) is 42.5 Å². The summed E-state index contributed by atoms with van der Waals surface area (Å²) in [5.41, 5.74) is 7.14. The Hall–Kier alpha value is -3.13. The minimum Gasteiger partial charge on any atom is -0.393 e. The number of nitro benzene ring substituents is 1. The molecule has 0 bridgehead atoms. The minimum absolute atomic E-state index is 0.0245. The Morgan fingerprint density at radius 3 is 2.48 bits per heavy atom. The zero-order valence-electron chi connectivity index (χ0n) is 13.5. The standard InChI is InChI=1S/C17H18N4O4/c18-15-6-1-12(11-16(15)21(23)24)17(22)19-13-2-4-14(5-3-13)20-7-9-25-10-8-20/h1-6,11H,7-10,18H2,(H,19,22). The number of nitrogen functional groups attached to an aromatic ring is 1. The number of nitrogens with two attached hydrogens (primary N) is 1. The van der Waals surface area contributed by atoms with Crippen LogP contribution in [-0.4, -0.2) is 37.1 Å². The third-order valence-corrected chi connectivity index (χ3v) is 3.99. The van der Waals surface area contributed by atoms with Gasteiger partial charge in [-0.05, 0) is 36.4 Å². The molecule has 0 unspecified atom stereocenters. The lowest BCUT2D eigenvalue weighted by Crippen LogP contribution is -2.36. The van der Waals surface area contributed by atoms with Gasteiger partial charge in [0.15, 0.2) is 0 Å². The number of hydrogen-bond donors (Lipinski definition) is 2. The number of nitrogens with zero attached hydrogens (tertiary/aromatic N) is 2. The predicted molar refractivity (Wildman–Crippen MR) is 94.9 cm³/mol. The number of nitro groups is 1. The lowest BCUT2D eigenvalue weighted by Gasteiger charge is -2.28. The molecule has 1 heterocycles. The number of rotatable bonds is 4. The summed E-state index contributed by atoms with van der Waals surface area (Å²) < 4.78 is 5.33. The molecule has 1 aliphatic heterocycles. The molecular formula is C17H18N4O4. The van der Waals surface area contributed by atoms with Gasteiger partial charge in [0.1, 0.15) is 5.69 Å². The van der Waals surface area contributed by atoms with E-state index >= 15 is 0 Å². The van der Waals surface area contributed by atoms with Crippen LogP contribution >= 0.6 is 0 Å². The number of carbonyl (C=O) groups is 1. The highest BCUT2D eigenvalue weighted by atomic mass is 16.6. The molecule has 2 aromatic rings. The van der Waals surface area contributed by atoms with E-state index in [0.717, 1.165) is 18.8 Å². The highest BCUT2D eigenvalue weighted by molar-refractivity contribution is 6.05. The quantitative estimate of drug-likeness (QED) is 0.501. The fourth-order valence-corrected chi connectivity index (χ4v) is 2.62. The van der Waals surface area contributed by atoms with E-state index in [4.69, 9.17) is 10.5 Å². The van der Waals surface area contributed by atoms with Crippen LogP contribution in [0.2, 0.25) is 0 Å². The average Bonchev–Trinajstić information content (AvgIpc) is 2.63. The van der Waals surface area contributed by atoms with Gasteiger partial charge >= 0.3 is 0 Å². The van der Waals surface area contributed by atoms with Crippen LogP contribution in [0.1, 0.15) is 10.4 Å². The van der Waals surface area contributed by atoms with E-state index in [-0.39, 0.29) is 16.9 Å². The summed E-state index contributed by atoms with van der Waals surface area (Å²) in [6.07, 6.45) is 0. The average molecular weight is 342 g/mol. The van der Waals surface area contributed by atoms with Crippen LogP contribution < -0.4 is 16.0 Å². The maximum absolute atomic E-state index is 12.3. The Morgan fingerprint density at radius 1 is 1.16 bits per heavy atom. The highest BCUT2D eigenvalue weighted by Gasteiger charge is 2.16. The van der Waals surface area contributed by atoms with E-state index < -0.39 is 10.8 Å². The van der Waals surface area contributed by atoms with Crippen molar-refractivity contribution in [2.24, 2.45) is 0 Å². The van der Waals surface area contributed by atoms with Crippen molar-refractivity contribution < 1.29 is 14.5 Å². The van der Waals surface area contributed by atoms with Gasteiger partial charge < -0.3 is 20.7 Å². The van der Waals surface area contributed by atoms with Gasteiger partial charge in [-0.3, -0.25) is 14.9 Å². The van der Waals surface area contributed by atoms with E-state index in [1.807, 2.05) is 12.1 Å². The van der Waals surface area contributed by atoms with Crippen molar-refractivity contribution in [3.05, 3.63) is 58.1 Å². The van der Waals surface area contributed by atoms with Gasteiger partial charge in [-0.1, -0.05) is 0 Å². The number of morpholine rings is 1. The summed E-state index contributed by atoms with van der Waals surface area (Å²) in [5.74, 6) is -0.428. The van der Waals surface area contributed by atoms with Crippen molar-refractivity contribution in [1.29, 1.82) is 0 Å². The molecule has 0 atom stereocenters. The van der Waals surface area contributed by atoms with Crippen molar-refractivity contribution in [2.45, 2.75) is 0 Å². The summed E-state index contributed by atoms with van der Waals surface area (Å²) >= 11 is 0. The molecule has 130 valence electrons. The first-order valence-corrected chi connectivity index (χ1v) is 7.82. The van der Waals surface area contributed by atoms with Crippen molar-refractivity contribution in [2.75, 3.05) is 42.3 Å². The first kappa shape index (κ1) is 16.7. The van der Waals surface area contributed by atoms with Gasteiger partial charge in [-0.15, -0.1) is 0 Å². The zero-order valence-corrected chi connectivity index (χ0v) is 13.5. The smallest absolute Gasteiger partial charge is 0.292 e. The molecule has 0 spiro atoms. The summed E-state index contributed by atoms with van der Waals surface area (Å²) in [7, 11) is 0. The molecule has 0 aliphatic carbocycles. The third-order valence-electron chi connectivity index (χ3n) is 3.99. The second-order valence-corrected chi connectivity index (χ2v) is 5.63. The number of amides is 1. The van der Waals surface area contributed by atoms with Gasteiger partial charge in [0, 0.05) is 36.1 Å². The maximum atomic E-state index is 12.3. The van der Waals surface area contributed by atoms with Crippen LogP contribution in [-0.2, 0) is 4.74 Å².